The number of alkyl halides is 3. The molecule has 0 saturated heterocycles. The van der Waals surface area contributed by atoms with Gasteiger partial charge >= 0.3 is 6.18 Å². The summed E-state index contributed by atoms with van der Waals surface area (Å²) in [6.07, 6.45) is 3.66. The molecule has 0 N–H and O–H groups in total. The highest BCUT2D eigenvalue weighted by Gasteiger charge is 2.35. The van der Waals surface area contributed by atoms with Crippen molar-refractivity contribution in [3.63, 3.8) is 0 Å². The molecule has 1 saturated carbocycles. The molecule has 1 fully saturated rings. The van der Waals surface area contributed by atoms with Gasteiger partial charge in [-0.1, -0.05) is 13.0 Å². The Balaban J connectivity index is 1.92. The van der Waals surface area contributed by atoms with Gasteiger partial charge in [-0.05, 0) is 61.5 Å². The molecule has 1 aromatic heterocycles. The van der Waals surface area contributed by atoms with E-state index in [9.17, 15) is 13.2 Å². The van der Waals surface area contributed by atoms with Gasteiger partial charge in [-0.2, -0.15) is 13.2 Å². The number of rotatable bonds is 5. The molecule has 3 nitrogen and oxygen atoms in total. The van der Waals surface area contributed by atoms with Crippen molar-refractivity contribution in [3.05, 3.63) is 35.7 Å². The van der Waals surface area contributed by atoms with Crippen LogP contribution in [0.4, 0.5) is 13.2 Å². The van der Waals surface area contributed by atoms with Crippen molar-refractivity contribution >= 4 is 11.0 Å². The molecule has 0 amide bonds. The molecule has 142 valence electrons. The Hall–Kier alpha value is -1.69. The Morgan fingerprint density at radius 1 is 1.08 bits per heavy atom. The van der Waals surface area contributed by atoms with Crippen molar-refractivity contribution in [1.82, 2.24) is 9.97 Å². The molecule has 1 aliphatic rings. The predicted molar refractivity (Wildman–Crippen MR) is 94.9 cm³/mol. The van der Waals surface area contributed by atoms with Gasteiger partial charge in [0.25, 0.3) is 0 Å². The molecule has 1 aromatic carbocycles. The fourth-order valence-corrected chi connectivity index (χ4v) is 4.39. The second-order valence-electron chi connectivity index (χ2n) is 7.46. The van der Waals surface area contributed by atoms with Crippen LogP contribution in [0.3, 0.4) is 0 Å². The van der Waals surface area contributed by atoms with Crippen molar-refractivity contribution in [2.45, 2.75) is 51.1 Å². The van der Waals surface area contributed by atoms with E-state index >= 15 is 0 Å². The topological polar surface area (TPSA) is 35.0 Å². The van der Waals surface area contributed by atoms with Crippen LogP contribution in [-0.2, 0) is 10.9 Å². The number of nitrogens with zero attached hydrogens (tertiary/aromatic N) is 2. The van der Waals surface area contributed by atoms with E-state index in [4.69, 9.17) is 4.74 Å². The minimum absolute atomic E-state index is 0.0355. The Morgan fingerprint density at radius 2 is 1.81 bits per heavy atom. The van der Waals surface area contributed by atoms with Gasteiger partial charge in [0.05, 0.1) is 11.1 Å². The highest BCUT2D eigenvalue weighted by Crippen LogP contribution is 2.44. The highest BCUT2D eigenvalue weighted by atomic mass is 19.4. The van der Waals surface area contributed by atoms with Gasteiger partial charge in [0.15, 0.2) is 0 Å². The molecule has 3 rings (SSSR count). The number of hydrogen-bond donors (Lipinski definition) is 0. The van der Waals surface area contributed by atoms with E-state index in [1.54, 1.807) is 13.2 Å². The zero-order valence-corrected chi connectivity index (χ0v) is 15.2. The van der Waals surface area contributed by atoms with Crippen LogP contribution in [-0.4, -0.2) is 23.7 Å². The first-order valence-electron chi connectivity index (χ1n) is 9.20. The second-order valence-corrected chi connectivity index (χ2v) is 7.46. The van der Waals surface area contributed by atoms with E-state index in [0.29, 0.717) is 17.4 Å². The molecule has 0 spiro atoms. The number of methoxy groups -OCH3 is 1. The van der Waals surface area contributed by atoms with Gasteiger partial charge in [-0.3, -0.25) is 9.97 Å². The van der Waals surface area contributed by atoms with Crippen LogP contribution in [0.15, 0.2) is 24.5 Å². The number of hydrogen-bond acceptors (Lipinski definition) is 3. The molecule has 2 aromatic rings. The summed E-state index contributed by atoms with van der Waals surface area (Å²) in [6, 6.07) is 2.79. The number of aromatic nitrogens is 2. The third kappa shape index (κ3) is 4.17. The molecule has 3 atom stereocenters. The molecule has 0 unspecified atom stereocenters. The maximum atomic E-state index is 13.3. The molecule has 0 aliphatic heterocycles. The maximum Gasteiger partial charge on any atom is 0.418 e. The predicted octanol–water partition coefficient (Wildman–Crippen LogP) is 5.60. The summed E-state index contributed by atoms with van der Waals surface area (Å²) in [5.74, 6) is 1.36. The molecule has 0 bridgehead atoms. The lowest BCUT2D eigenvalue weighted by atomic mass is 9.71. The zero-order valence-electron chi connectivity index (χ0n) is 15.2. The maximum absolute atomic E-state index is 13.3. The summed E-state index contributed by atoms with van der Waals surface area (Å²) in [6.45, 7) is 2.98. The molecule has 1 aliphatic carbocycles. The van der Waals surface area contributed by atoms with Crippen LogP contribution in [0.5, 0.6) is 0 Å². The van der Waals surface area contributed by atoms with E-state index in [2.05, 4.69) is 16.9 Å². The minimum Gasteiger partial charge on any atom is -0.385 e. The summed E-state index contributed by atoms with van der Waals surface area (Å²) < 4.78 is 45.1. The first kappa shape index (κ1) is 19.1. The third-order valence-electron chi connectivity index (χ3n) is 5.40. The third-order valence-corrected chi connectivity index (χ3v) is 5.40. The summed E-state index contributed by atoms with van der Waals surface area (Å²) in [7, 11) is 1.71. The van der Waals surface area contributed by atoms with E-state index in [0.717, 1.165) is 37.9 Å². The Labute approximate surface area is 152 Å². The SMILES string of the molecule is COCCC[C@@H]1C[C@H](C)C[C@H](c2ccc(C(F)(F)F)c3nccnc23)C1. The van der Waals surface area contributed by atoms with Crippen molar-refractivity contribution < 1.29 is 17.9 Å². The Morgan fingerprint density at radius 3 is 2.50 bits per heavy atom. The van der Waals surface area contributed by atoms with Gasteiger partial charge in [-0.15, -0.1) is 0 Å². The largest absolute Gasteiger partial charge is 0.418 e. The highest BCUT2D eigenvalue weighted by molar-refractivity contribution is 5.82. The van der Waals surface area contributed by atoms with Gasteiger partial charge in [0.1, 0.15) is 5.52 Å². The summed E-state index contributed by atoms with van der Waals surface area (Å²) in [5.41, 5.74) is 0.568. The van der Waals surface area contributed by atoms with Crippen LogP contribution in [0.25, 0.3) is 11.0 Å². The fraction of sp³-hybridized carbons (Fsp3) is 0.600. The summed E-state index contributed by atoms with van der Waals surface area (Å²) in [5, 5.41) is 0. The van der Waals surface area contributed by atoms with E-state index in [-0.39, 0.29) is 11.4 Å². The smallest absolute Gasteiger partial charge is 0.385 e. The van der Waals surface area contributed by atoms with Gasteiger partial charge in [-0.25, -0.2) is 0 Å². The fourth-order valence-electron chi connectivity index (χ4n) is 4.39. The molecular weight excluding hydrogens is 341 g/mol. The van der Waals surface area contributed by atoms with Gasteiger partial charge in [0, 0.05) is 26.1 Å². The van der Waals surface area contributed by atoms with Crippen LogP contribution in [0.2, 0.25) is 0 Å². The average Bonchev–Trinajstić information content (AvgIpc) is 2.59. The van der Waals surface area contributed by atoms with Gasteiger partial charge < -0.3 is 4.74 Å². The van der Waals surface area contributed by atoms with E-state index < -0.39 is 11.7 Å². The van der Waals surface area contributed by atoms with Gasteiger partial charge in [0.2, 0.25) is 0 Å². The quantitative estimate of drug-likeness (QED) is 0.647. The first-order valence-corrected chi connectivity index (χ1v) is 9.20. The lowest BCUT2D eigenvalue weighted by Crippen LogP contribution is -2.21. The van der Waals surface area contributed by atoms with E-state index in [1.807, 2.05) is 0 Å². The lowest BCUT2D eigenvalue weighted by molar-refractivity contribution is -0.136. The van der Waals surface area contributed by atoms with E-state index in [1.165, 1.54) is 24.9 Å². The zero-order chi connectivity index (χ0) is 18.7. The average molecular weight is 366 g/mol. The second kappa shape index (κ2) is 7.91. The molecule has 6 heteroatoms. The summed E-state index contributed by atoms with van der Waals surface area (Å²) in [4.78, 5) is 8.28. The number of ether oxygens (including phenoxy) is 1. The molecular formula is C20H25F3N2O. The van der Waals surface area contributed by atoms with Crippen molar-refractivity contribution in [1.29, 1.82) is 0 Å². The Bertz CT molecular complexity index is 747. The number of benzene rings is 1. The van der Waals surface area contributed by atoms with Crippen LogP contribution in [0.1, 0.15) is 56.1 Å². The number of halogens is 3. The lowest BCUT2D eigenvalue weighted by Gasteiger charge is -2.34. The molecule has 0 radical (unpaired) electrons. The Kier molecular flexibility index (Phi) is 5.80. The molecule has 26 heavy (non-hydrogen) atoms. The number of fused-ring (bicyclic) bond motifs is 1. The first-order chi connectivity index (χ1) is 12.4. The summed E-state index contributed by atoms with van der Waals surface area (Å²) >= 11 is 0. The van der Waals surface area contributed by atoms with Crippen LogP contribution in [0, 0.1) is 11.8 Å². The molecule has 1 heterocycles. The van der Waals surface area contributed by atoms with Crippen molar-refractivity contribution in [2.24, 2.45) is 11.8 Å². The minimum atomic E-state index is -4.42. The van der Waals surface area contributed by atoms with Crippen molar-refractivity contribution in [3.8, 4) is 0 Å². The monoisotopic (exact) mass is 366 g/mol. The normalized spacial score (nSPS) is 24.1. The van der Waals surface area contributed by atoms with Crippen LogP contribution < -0.4 is 0 Å². The van der Waals surface area contributed by atoms with Crippen LogP contribution >= 0.6 is 0 Å². The standard InChI is InChI=1S/C20H25F3N2O/c1-13-10-14(4-3-9-26-2)12-15(11-13)16-5-6-17(20(21,22)23)19-18(16)24-7-8-25-19/h5-8,13-15H,3-4,9-12H2,1-2H3/t13-,14+,15-/m0/s1. The van der Waals surface area contributed by atoms with Crippen molar-refractivity contribution in [2.75, 3.05) is 13.7 Å².